The summed E-state index contributed by atoms with van der Waals surface area (Å²) in [5, 5.41) is 9.48. The van der Waals surface area contributed by atoms with Crippen LogP contribution in [0, 0.1) is 11.2 Å². The normalized spacial score (nSPS) is 16.7. The van der Waals surface area contributed by atoms with Crippen molar-refractivity contribution in [2.45, 2.75) is 46.2 Å². The number of piperidine rings is 1. The van der Waals surface area contributed by atoms with Gasteiger partial charge < -0.3 is 16.0 Å². The van der Waals surface area contributed by atoms with Gasteiger partial charge in [-0.3, -0.25) is 14.7 Å². The van der Waals surface area contributed by atoms with E-state index >= 15 is 0 Å². The first-order valence-electron chi connectivity index (χ1n) is 10.1. The first-order valence-corrected chi connectivity index (χ1v) is 10.1. The molecule has 0 aromatic heterocycles. The third-order valence-electron chi connectivity index (χ3n) is 5.07. The number of guanidine groups is 1. The van der Waals surface area contributed by atoms with E-state index in [1.807, 2.05) is 32.9 Å². The molecule has 1 aromatic carbocycles. The molecular formula is C21H34FN5O. The zero-order valence-corrected chi connectivity index (χ0v) is 17.5. The van der Waals surface area contributed by atoms with Crippen LogP contribution >= 0.6 is 0 Å². The van der Waals surface area contributed by atoms with Gasteiger partial charge in [-0.25, -0.2) is 4.39 Å². The second-order valence-corrected chi connectivity index (χ2v) is 7.98. The molecule has 1 fully saturated rings. The van der Waals surface area contributed by atoms with E-state index in [0.717, 1.165) is 50.5 Å². The summed E-state index contributed by atoms with van der Waals surface area (Å²) < 4.78 is 13.0. The fourth-order valence-corrected chi connectivity index (χ4v) is 3.28. The standard InChI is InChI=1S/C21H34FN5O/c1-5-24-20(25-15-21(2,3)19(28)23-4)26-18-10-12-27(13-11-18)14-16-6-8-17(22)9-7-16/h6-9,18H,5,10-15H2,1-4H3,(H,23,28)(H2,24,25,26). The molecule has 156 valence electrons. The lowest BCUT2D eigenvalue weighted by atomic mass is 9.93. The Morgan fingerprint density at radius 2 is 1.89 bits per heavy atom. The summed E-state index contributed by atoms with van der Waals surface area (Å²) in [4.78, 5) is 19.0. The number of halogens is 1. The molecule has 0 unspecified atom stereocenters. The van der Waals surface area contributed by atoms with Gasteiger partial charge in [-0.15, -0.1) is 0 Å². The predicted octanol–water partition coefficient (Wildman–Crippen LogP) is 2.12. The fraction of sp³-hybridized carbons (Fsp3) is 0.619. The molecule has 1 aliphatic heterocycles. The summed E-state index contributed by atoms with van der Waals surface area (Å²) in [7, 11) is 1.65. The molecule has 1 heterocycles. The first-order chi connectivity index (χ1) is 13.3. The minimum Gasteiger partial charge on any atom is -0.359 e. The molecule has 2 rings (SSSR count). The Morgan fingerprint density at radius 1 is 1.25 bits per heavy atom. The van der Waals surface area contributed by atoms with Crippen molar-refractivity contribution in [3.63, 3.8) is 0 Å². The summed E-state index contributed by atoms with van der Waals surface area (Å²) >= 11 is 0. The van der Waals surface area contributed by atoms with Crippen LogP contribution in [0.1, 0.15) is 39.2 Å². The van der Waals surface area contributed by atoms with Crippen LogP contribution in [-0.4, -0.2) is 56.0 Å². The summed E-state index contributed by atoms with van der Waals surface area (Å²) in [5.74, 6) is 0.555. The molecule has 0 bridgehead atoms. The van der Waals surface area contributed by atoms with Gasteiger partial charge in [0.15, 0.2) is 5.96 Å². The lowest BCUT2D eigenvalue weighted by Gasteiger charge is -2.33. The molecule has 1 aliphatic rings. The highest BCUT2D eigenvalue weighted by atomic mass is 19.1. The van der Waals surface area contributed by atoms with Crippen molar-refractivity contribution in [1.29, 1.82) is 0 Å². The van der Waals surface area contributed by atoms with E-state index in [4.69, 9.17) is 0 Å². The number of benzene rings is 1. The number of carbonyl (C=O) groups is 1. The first kappa shape index (κ1) is 22.1. The van der Waals surface area contributed by atoms with Gasteiger partial charge in [-0.2, -0.15) is 0 Å². The zero-order chi connectivity index (χ0) is 20.6. The molecule has 1 saturated heterocycles. The molecule has 0 atom stereocenters. The number of hydrogen-bond donors (Lipinski definition) is 3. The molecule has 0 spiro atoms. The lowest BCUT2D eigenvalue weighted by molar-refractivity contribution is -0.128. The maximum Gasteiger partial charge on any atom is 0.227 e. The molecule has 1 amide bonds. The van der Waals surface area contributed by atoms with Gasteiger partial charge in [0, 0.05) is 39.3 Å². The van der Waals surface area contributed by atoms with Crippen molar-refractivity contribution in [3.05, 3.63) is 35.6 Å². The molecule has 28 heavy (non-hydrogen) atoms. The summed E-state index contributed by atoms with van der Waals surface area (Å²) in [6.07, 6.45) is 2.04. The number of nitrogens with zero attached hydrogens (tertiary/aromatic N) is 2. The maximum atomic E-state index is 13.0. The highest BCUT2D eigenvalue weighted by Gasteiger charge is 2.27. The second kappa shape index (κ2) is 10.4. The lowest BCUT2D eigenvalue weighted by Crippen LogP contribution is -2.49. The number of likely N-dealkylation sites (tertiary alicyclic amines) is 1. The van der Waals surface area contributed by atoms with E-state index in [-0.39, 0.29) is 11.7 Å². The van der Waals surface area contributed by atoms with Gasteiger partial charge >= 0.3 is 0 Å². The number of nitrogens with one attached hydrogen (secondary N) is 3. The Hall–Kier alpha value is -2.15. The van der Waals surface area contributed by atoms with Gasteiger partial charge in [0.05, 0.1) is 12.0 Å². The van der Waals surface area contributed by atoms with Crippen LogP contribution in [0.15, 0.2) is 29.3 Å². The quantitative estimate of drug-likeness (QED) is 0.492. The fourth-order valence-electron chi connectivity index (χ4n) is 3.28. The van der Waals surface area contributed by atoms with Crippen LogP contribution in [0.4, 0.5) is 4.39 Å². The number of aliphatic imine (C=N–C) groups is 1. The van der Waals surface area contributed by atoms with E-state index in [9.17, 15) is 9.18 Å². The third-order valence-corrected chi connectivity index (χ3v) is 5.07. The van der Waals surface area contributed by atoms with Crippen molar-refractivity contribution in [2.24, 2.45) is 10.4 Å². The topological polar surface area (TPSA) is 68.8 Å². The highest BCUT2D eigenvalue weighted by Crippen LogP contribution is 2.16. The molecule has 0 aliphatic carbocycles. The minimum atomic E-state index is -0.546. The maximum absolute atomic E-state index is 13.0. The zero-order valence-electron chi connectivity index (χ0n) is 17.5. The number of amides is 1. The molecule has 3 N–H and O–H groups in total. The van der Waals surface area contributed by atoms with Gasteiger partial charge in [0.2, 0.25) is 5.91 Å². The average Bonchev–Trinajstić information content (AvgIpc) is 2.69. The molecule has 0 saturated carbocycles. The van der Waals surface area contributed by atoms with Crippen LogP contribution < -0.4 is 16.0 Å². The van der Waals surface area contributed by atoms with E-state index in [2.05, 4.69) is 25.8 Å². The Labute approximate surface area is 168 Å². The predicted molar refractivity (Wildman–Crippen MR) is 112 cm³/mol. The molecule has 1 aromatic rings. The second-order valence-electron chi connectivity index (χ2n) is 7.98. The Morgan fingerprint density at radius 3 is 2.46 bits per heavy atom. The van der Waals surface area contributed by atoms with Gasteiger partial charge in [-0.1, -0.05) is 12.1 Å². The van der Waals surface area contributed by atoms with Crippen molar-refractivity contribution < 1.29 is 9.18 Å². The van der Waals surface area contributed by atoms with Gasteiger partial charge in [-0.05, 0) is 51.3 Å². The summed E-state index contributed by atoms with van der Waals surface area (Å²) in [6, 6.07) is 7.09. The highest BCUT2D eigenvalue weighted by molar-refractivity contribution is 5.83. The van der Waals surface area contributed by atoms with Crippen LogP contribution in [0.5, 0.6) is 0 Å². The average molecular weight is 392 g/mol. The summed E-state index contributed by atoms with van der Waals surface area (Å²) in [6.45, 7) is 9.84. The van der Waals surface area contributed by atoms with Crippen molar-refractivity contribution in [2.75, 3.05) is 33.2 Å². The van der Waals surface area contributed by atoms with E-state index in [0.29, 0.717) is 12.6 Å². The molecule has 0 radical (unpaired) electrons. The van der Waals surface area contributed by atoms with E-state index in [1.165, 1.54) is 12.1 Å². The number of carbonyl (C=O) groups excluding carboxylic acids is 1. The van der Waals surface area contributed by atoms with Crippen molar-refractivity contribution >= 4 is 11.9 Å². The SMILES string of the molecule is CCNC(=NCC(C)(C)C(=O)NC)NC1CCN(Cc2ccc(F)cc2)CC1. The Kier molecular flexibility index (Phi) is 8.23. The van der Waals surface area contributed by atoms with Crippen molar-refractivity contribution in [3.8, 4) is 0 Å². The Bertz CT molecular complexity index is 651. The smallest absolute Gasteiger partial charge is 0.227 e. The minimum absolute atomic E-state index is 0.0128. The van der Waals surface area contributed by atoms with E-state index in [1.54, 1.807) is 7.05 Å². The van der Waals surface area contributed by atoms with Crippen molar-refractivity contribution in [1.82, 2.24) is 20.9 Å². The van der Waals surface area contributed by atoms with Crippen LogP contribution in [0.2, 0.25) is 0 Å². The van der Waals surface area contributed by atoms with Gasteiger partial charge in [0.25, 0.3) is 0 Å². The summed E-state index contributed by atoms with van der Waals surface area (Å²) in [5.41, 5.74) is 0.592. The van der Waals surface area contributed by atoms with Crippen LogP contribution in [0.3, 0.4) is 0 Å². The Balaban J connectivity index is 1.85. The van der Waals surface area contributed by atoms with Gasteiger partial charge in [0.1, 0.15) is 5.82 Å². The molecular weight excluding hydrogens is 357 g/mol. The largest absolute Gasteiger partial charge is 0.359 e. The number of rotatable bonds is 7. The monoisotopic (exact) mass is 391 g/mol. The van der Waals surface area contributed by atoms with E-state index < -0.39 is 5.41 Å². The molecule has 6 nitrogen and oxygen atoms in total. The molecule has 7 heteroatoms. The third kappa shape index (κ3) is 6.78. The van der Waals surface area contributed by atoms with Crippen LogP contribution in [0.25, 0.3) is 0 Å². The van der Waals surface area contributed by atoms with Crippen LogP contribution in [-0.2, 0) is 11.3 Å². The number of hydrogen-bond acceptors (Lipinski definition) is 3.